The molecule has 1 aliphatic heterocycles. The minimum atomic E-state index is -3.54. The molecule has 0 radical (unpaired) electrons. The number of sulfonamides is 1. The SMILES string of the molecule is Cc1cc(S(=O)(=O)N2CCN(C(=O)c3cnn(-c4ccccn4)c3C)CC2)c(C)s1. The number of piperazine rings is 1. The summed E-state index contributed by atoms with van der Waals surface area (Å²) in [4.78, 5) is 21.1. The lowest BCUT2D eigenvalue weighted by Crippen LogP contribution is -2.50. The summed E-state index contributed by atoms with van der Waals surface area (Å²) in [6.07, 6.45) is 3.22. The van der Waals surface area contributed by atoms with Crippen molar-refractivity contribution in [3.63, 3.8) is 0 Å². The maximum Gasteiger partial charge on any atom is 0.257 e. The van der Waals surface area contributed by atoms with Crippen LogP contribution in [0.5, 0.6) is 0 Å². The monoisotopic (exact) mass is 445 g/mol. The van der Waals surface area contributed by atoms with E-state index in [0.29, 0.717) is 35.1 Å². The van der Waals surface area contributed by atoms with E-state index in [1.165, 1.54) is 15.6 Å². The number of pyridine rings is 1. The lowest BCUT2D eigenvalue weighted by atomic mass is 10.2. The van der Waals surface area contributed by atoms with E-state index in [1.807, 2.05) is 39.0 Å². The van der Waals surface area contributed by atoms with E-state index >= 15 is 0 Å². The van der Waals surface area contributed by atoms with Gasteiger partial charge in [-0.25, -0.2) is 18.1 Å². The molecule has 1 aliphatic rings. The minimum absolute atomic E-state index is 0.144. The van der Waals surface area contributed by atoms with Crippen LogP contribution in [0.4, 0.5) is 0 Å². The number of hydrogen-bond donors (Lipinski definition) is 0. The zero-order valence-corrected chi connectivity index (χ0v) is 18.7. The van der Waals surface area contributed by atoms with Crippen LogP contribution in [0.3, 0.4) is 0 Å². The highest BCUT2D eigenvalue weighted by Gasteiger charge is 2.32. The van der Waals surface area contributed by atoms with Crippen LogP contribution in [-0.4, -0.2) is 64.5 Å². The summed E-state index contributed by atoms with van der Waals surface area (Å²) < 4.78 is 29.1. The van der Waals surface area contributed by atoms with Crippen molar-refractivity contribution < 1.29 is 13.2 Å². The van der Waals surface area contributed by atoms with Gasteiger partial charge in [-0.1, -0.05) is 6.07 Å². The Balaban J connectivity index is 1.48. The molecule has 0 unspecified atom stereocenters. The average molecular weight is 446 g/mol. The van der Waals surface area contributed by atoms with Crippen LogP contribution in [0.15, 0.2) is 41.6 Å². The molecule has 1 fully saturated rings. The molecule has 3 aromatic heterocycles. The van der Waals surface area contributed by atoms with Gasteiger partial charge in [-0.3, -0.25) is 4.79 Å². The van der Waals surface area contributed by atoms with Gasteiger partial charge in [0.2, 0.25) is 10.0 Å². The molecule has 30 heavy (non-hydrogen) atoms. The minimum Gasteiger partial charge on any atom is -0.336 e. The van der Waals surface area contributed by atoms with Gasteiger partial charge in [0.1, 0.15) is 0 Å². The van der Waals surface area contributed by atoms with Crippen molar-refractivity contribution in [3.05, 3.63) is 57.7 Å². The summed E-state index contributed by atoms with van der Waals surface area (Å²) in [6.45, 7) is 6.79. The summed E-state index contributed by atoms with van der Waals surface area (Å²) in [5.41, 5.74) is 1.21. The number of nitrogens with zero attached hydrogens (tertiary/aromatic N) is 5. The predicted molar refractivity (Wildman–Crippen MR) is 115 cm³/mol. The first-order valence-corrected chi connectivity index (χ1v) is 11.9. The van der Waals surface area contributed by atoms with Gasteiger partial charge in [-0.05, 0) is 39.0 Å². The van der Waals surface area contributed by atoms with Gasteiger partial charge in [0.15, 0.2) is 5.82 Å². The maximum absolute atomic E-state index is 13.0. The lowest BCUT2D eigenvalue weighted by molar-refractivity contribution is 0.0697. The first kappa shape index (κ1) is 20.7. The second-order valence-corrected chi connectivity index (χ2v) is 10.6. The molecule has 0 N–H and O–H groups in total. The molecule has 4 rings (SSSR count). The quantitative estimate of drug-likeness (QED) is 0.615. The zero-order valence-electron chi connectivity index (χ0n) is 17.1. The third kappa shape index (κ3) is 3.66. The van der Waals surface area contributed by atoms with Crippen molar-refractivity contribution in [1.29, 1.82) is 0 Å². The molecule has 8 nitrogen and oxygen atoms in total. The summed E-state index contributed by atoms with van der Waals surface area (Å²) >= 11 is 1.48. The molecule has 0 spiro atoms. The first-order chi connectivity index (χ1) is 14.3. The normalized spacial score (nSPS) is 15.5. The van der Waals surface area contributed by atoms with Crippen LogP contribution in [0.1, 0.15) is 25.8 Å². The van der Waals surface area contributed by atoms with Gasteiger partial charge in [-0.15, -0.1) is 11.3 Å². The van der Waals surface area contributed by atoms with E-state index in [2.05, 4.69) is 10.1 Å². The fraction of sp³-hybridized carbons (Fsp3) is 0.350. The zero-order chi connectivity index (χ0) is 21.5. The van der Waals surface area contributed by atoms with E-state index in [4.69, 9.17) is 0 Å². The van der Waals surface area contributed by atoms with E-state index in [-0.39, 0.29) is 19.0 Å². The molecule has 10 heteroatoms. The van der Waals surface area contributed by atoms with Crippen LogP contribution in [0.2, 0.25) is 0 Å². The third-order valence-corrected chi connectivity index (χ3v) is 8.37. The van der Waals surface area contributed by atoms with Crippen molar-refractivity contribution in [3.8, 4) is 5.82 Å². The molecule has 158 valence electrons. The highest BCUT2D eigenvalue weighted by atomic mass is 32.2. The molecule has 0 atom stereocenters. The highest BCUT2D eigenvalue weighted by molar-refractivity contribution is 7.89. The van der Waals surface area contributed by atoms with E-state index in [1.54, 1.807) is 28.0 Å². The number of aromatic nitrogens is 3. The maximum atomic E-state index is 13.0. The lowest BCUT2D eigenvalue weighted by Gasteiger charge is -2.34. The molecule has 1 saturated heterocycles. The molecule has 0 aromatic carbocycles. The van der Waals surface area contributed by atoms with Crippen LogP contribution < -0.4 is 0 Å². The van der Waals surface area contributed by atoms with Gasteiger partial charge in [0, 0.05) is 42.1 Å². The largest absolute Gasteiger partial charge is 0.336 e. The second-order valence-electron chi connectivity index (χ2n) is 7.22. The second kappa shape index (κ2) is 7.93. The fourth-order valence-electron chi connectivity index (χ4n) is 3.63. The molecular weight excluding hydrogens is 422 g/mol. The smallest absolute Gasteiger partial charge is 0.257 e. The molecule has 0 saturated carbocycles. The number of thiophene rings is 1. The van der Waals surface area contributed by atoms with Crippen LogP contribution in [0, 0.1) is 20.8 Å². The Bertz CT molecular complexity index is 1180. The molecule has 0 bridgehead atoms. The van der Waals surface area contributed by atoms with Gasteiger partial charge in [-0.2, -0.15) is 9.40 Å². The van der Waals surface area contributed by atoms with Crippen molar-refractivity contribution >= 4 is 27.3 Å². The summed E-state index contributed by atoms with van der Waals surface area (Å²) in [5, 5.41) is 4.31. The first-order valence-electron chi connectivity index (χ1n) is 9.61. The van der Waals surface area contributed by atoms with Crippen molar-refractivity contribution in [2.75, 3.05) is 26.2 Å². The Morgan fingerprint density at radius 2 is 1.83 bits per heavy atom. The standard InChI is InChI=1S/C20H23N5O3S2/c1-14-12-18(16(3)29-14)30(27,28)24-10-8-23(9-11-24)20(26)17-13-22-25(15(17)2)19-6-4-5-7-21-19/h4-7,12-13H,8-11H2,1-3H3. The van der Waals surface area contributed by atoms with Gasteiger partial charge < -0.3 is 4.90 Å². The van der Waals surface area contributed by atoms with Crippen molar-refractivity contribution in [2.24, 2.45) is 0 Å². The van der Waals surface area contributed by atoms with E-state index in [0.717, 1.165) is 9.75 Å². The number of carbonyl (C=O) groups excluding carboxylic acids is 1. The Kier molecular flexibility index (Phi) is 5.48. The van der Waals surface area contributed by atoms with Gasteiger partial charge >= 0.3 is 0 Å². The van der Waals surface area contributed by atoms with Crippen LogP contribution >= 0.6 is 11.3 Å². The van der Waals surface area contributed by atoms with Gasteiger partial charge in [0.25, 0.3) is 5.91 Å². The Morgan fingerprint density at radius 1 is 1.10 bits per heavy atom. The van der Waals surface area contributed by atoms with E-state index < -0.39 is 10.0 Å². The highest BCUT2D eigenvalue weighted by Crippen LogP contribution is 2.28. The Morgan fingerprint density at radius 3 is 2.43 bits per heavy atom. The van der Waals surface area contributed by atoms with Crippen LogP contribution in [-0.2, 0) is 10.0 Å². The number of amides is 1. The average Bonchev–Trinajstić information content (AvgIpc) is 3.30. The van der Waals surface area contributed by atoms with Gasteiger partial charge in [0.05, 0.1) is 22.3 Å². The predicted octanol–water partition coefficient (Wildman–Crippen LogP) is 2.40. The molecule has 1 amide bonds. The topological polar surface area (TPSA) is 88.4 Å². The van der Waals surface area contributed by atoms with Crippen molar-refractivity contribution in [2.45, 2.75) is 25.7 Å². The fourth-order valence-corrected chi connectivity index (χ4v) is 6.58. The third-order valence-electron chi connectivity index (χ3n) is 5.25. The van der Waals surface area contributed by atoms with Crippen molar-refractivity contribution in [1.82, 2.24) is 24.0 Å². The summed E-state index contributed by atoms with van der Waals surface area (Å²) in [5.74, 6) is 0.501. The number of carbonyl (C=O) groups is 1. The number of aryl methyl sites for hydroxylation is 2. The molecular formula is C20H23N5O3S2. The Labute approximate surface area is 179 Å². The number of hydrogen-bond acceptors (Lipinski definition) is 6. The van der Waals surface area contributed by atoms with E-state index in [9.17, 15) is 13.2 Å². The Hall–Kier alpha value is -2.56. The number of rotatable bonds is 4. The van der Waals surface area contributed by atoms with Crippen LogP contribution in [0.25, 0.3) is 5.82 Å². The molecule has 3 aromatic rings. The summed E-state index contributed by atoms with van der Waals surface area (Å²) in [6, 6.07) is 7.23. The molecule has 0 aliphatic carbocycles. The molecule has 4 heterocycles. The summed E-state index contributed by atoms with van der Waals surface area (Å²) in [7, 11) is -3.54.